The molecule has 0 aromatic heterocycles. The topological polar surface area (TPSA) is 20.2 Å². The molecular formula is C16H34O. The smallest absolute Gasteiger partial charge is 0.0542 e. The summed E-state index contributed by atoms with van der Waals surface area (Å²) in [5.74, 6) is 1.43. The Bertz CT molecular complexity index is 154. The summed E-state index contributed by atoms with van der Waals surface area (Å²) in [5, 5.41) is 9.94. The molecule has 0 heterocycles. The van der Waals surface area contributed by atoms with Gasteiger partial charge in [-0.05, 0) is 31.1 Å². The molecule has 0 aromatic rings. The number of rotatable bonds is 11. The van der Waals surface area contributed by atoms with Gasteiger partial charge in [-0.15, -0.1) is 0 Å². The molecule has 0 spiro atoms. The van der Waals surface area contributed by atoms with Crippen molar-refractivity contribution >= 4 is 0 Å². The second-order valence-electron chi connectivity index (χ2n) is 6.18. The maximum Gasteiger partial charge on any atom is 0.0542 e. The van der Waals surface area contributed by atoms with Crippen molar-refractivity contribution < 1.29 is 5.11 Å². The summed E-state index contributed by atoms with van der Waals surface area (Å²) in [5.41, 5.74) is 0. The van der Waals surface area contributed by atoms with E-state index in [0.717, 1.165) is 18.8 Å². The number of unbranched alkanes of at least 4 members (excludes halogenated alkanes) is 5. The summed E-state index contributed by atoms with van der Waals surface area (Å²) < 4.78 is 0. The van der Waals surface area contributed by atoms with Gasteiger partial charge >= 0.3 is 0 Å². The third kappa shape index (κ3) is 12.2. The molecule has 0 bridgehead atoms. The predicted octanol–water partition coefficient (Wildman–Crippen LogP) is 5.17. The molecule has 2 atom stereocenters. The Morgan fingerprint density at radius 3 is 2.00 bits per heavy atom. The molecule has 0 rings (SSSR count). The molecule has 1 nitrogen and oxygen atoms in total. The van der Waals surface area contributed by atoms with Crippen LogP contribution in [0.15, 0.2) is 0 Å². The zero-order valence-corrected chi connectivity index (χ0v) is 12.5. The molecule has 0 aromatic carbocycles. The van der Waals surface area contributed by atoms with Crippen molar-refractivity contribution in [2.75, 3.05) is 0 Å². The normalized spacial score (nSPS) is 15.2. The molecule has 0 aliphatic rings. The van der Waals surface area contributed by atoms with Crippen LogP contribution < -0.4 is 0 Å². The fourth-order valence-corrected chi connectivity index (χ4v) is 2.64. The third-order valence-electron chi connectivity index (χ3n) is 3.44. The van der Waals surface area contributed by atoms with Gasteiger partial charge in [-0.1, -0.05) is 66.2 Å². The standard InChI is InChI=1S/C16H34O/c1-5-6-7-8-9-10-11-16(17)13-15(4)12-14(2)3/h14-17H,5-13H2,1-4H3. The number of hydrogen-bond donors (Lipinski definition) is 1. The van der Waals surface area contributed by atoms with Crippen molar-refractivity contribution in [1.82, 2.24) is 0 Å². The largest absolute Gasteiger partial charge is 0.393 e. The Balaban J connectivity index is 3.36. The van der Waals surface area contributed by atoms with Crippen LogP contribution >= 0.6 is 0 Å². The van der Waals surface area contributed by atoms with E-state index in [4.69, 9.17) is 0 Å². The first-order valence-corrected chi connectivity index (χ1v) is 7.74. The molecule has 0 aliphatic carbocycles. The van der Waals surface area contributed by atoms with E-state index in [2.05, 4.69) is 27.7 Å². The molecule has 0 saturated heterocycles. The Kier molecular flexibility index (Phi) is 11.0. The maximum atomic E-state index is 9.94. The maximum absolute atomic E-state index is 9.94. The Morgan fingerprint density at radius 2 is 1.41 bits per heavy atom. The van der Waals surface area contributed by atoms with Crippen molar-refractivity contribution in [3.05, 3.63) is 0 Å². The lowest BCUT2D eigenvalue weighted by molar-refractivity contribution is 0.128. The highest BCUT2D eigenvalue weighted by atomic mass is 16.3. The van der Waals surface area contributed by atoms with Crippen LogP contribution in [0.3, 0.4) is 0 Å². The van der Waals surface area contributed by atoms with E-state index in [9.17, 15) is 5.11 Å². The van der Waals surface area contributed by atoms with Crippen LogP contribution in [0.1, 0.15) is 85.5 Å². The van der Waals surface area contributed by atoms with E-state index < -0.39 is 0 Å². The second-order valence-corrected chi connectivity index (χ2v) is 6.18. The monoisotopic (exact) mass is 242 g/mol. The van der Waals surface area contributed by atoms with Gasteiger partial charge < -0.3 is 5.11 Å². The predicted molar refractivity (Wildman–Crippen MR) is 77.2 cm³/mol. The molecule has 0 fully saturated rings. The highest BCUT2D eigenvalue weighted by molar-refractivity contribution is 4.63. The zero-order chi connectivity index (χ0) is 13.1. The second kappa shape index (κ2) is 11.1. The van der Waals surface area contributed by atoms with Crippen LogP contribution in [0.2, 0.25) is 0 Å². The van der Waals surface area contributed by atoms with Crippen LogP contribution in [-0.2, 0) is 0 Å². The van der Waals surface area contributed by atoms with Gasteiger partial charge in [0.15, 0.2) is 0 Å². The van der Waals surface area contributed by atoms with Gasteiger partial charge in [-0.2, -0.15) is 0 Å². The minimum Gasteiger partial charge on any atom is -0.393 e. The molecule has 17 heavy (non-hydrogen) atoms. The summed E-state index contributed by atoms with van der Waals surface area (Å²) in [6, 6.07) is 0. The molecule has 1 N–H and O–H groups in total. The molecular weight excluding hydrogens is 208 g/mol. The van der Waals surface area contributed by atoms with E-state index in [1.807, 2.05) is 0 Å². The van der Waals surface area contributed by atoms with E-state index in [1.165, 1.54) is 44.9 Å². The zero-order valence-electron chi connectivity index (χ0n) is 12.5. The minimum absolute atomic E-state index is 0.0603. The average molecular weight is 242 g/mol. The number of hydrogen-bond acceptors (Lipinski definition) is 1. The highest BCUT2D eigenvalue weighted by Gasteiger charge is 2.11. The minimum atomic E-state index is -0.0603. The molecule has 0 saturated carbocycles. The molecule has 0 radical (unpaired) electrons. The van der Waals surface area contributed by atoms with Crippen molar-refractivity contribution in [2.24, 2.45) is 11.8 Å². The quantitative estimate of drug-likeness (QED) is 0.496. The Labute approximate surface area is 109 Å². The fraction of sp³-hybridized carbons (Fsp3) is 1.00. The SMILES string of the molecule is CCCCCCCCC(O)CC(C)CC(C)C. The van der Waals surface area contributed by atoms with Crippen LogP contribution in [0.5, 0.6) is 0 Å². The van der Waals surface area contributed by atoms with Crippen molar-refractivity contribution in [2.45, 2.75) is 91.6 Å². The van der Waals surface area contributed by atoms with Gasteiger partial charge in [0, 0.05) is 0 Å². The molecule has 104 valence electrons. The fourth-order valence-electron chi connectivity index (χ4n) is 2.64. The molecule has 0 aliphatic heterocycles. The van der Waals surface area contributed by atoms with Crippen molar-refractivity contribution in [1.29, 1.82) is 0 Å². The van der Waals surface area contributed by atoms with Crippen LogP contribution in [-0.4, -0.2) is 11.2 Å². The van der Waals surface area contributed by atoms with Gasteiger partial charge in [0.25, 0.3) is 0 Å². The van der Waals surface area contributed by atoms with Crippen LogP contribution in [0.4, 0.5) is 0 Å². The van der Waals surface area contributed by atoms with Crippen LogP contribution in [0, 0.1) is 11.8 Å². The molecule has 1 heteroatoms. The van der Waals surface area contributed by atoms with E-state index >= 15 is 0 Å². The summed E-state index contributed by atoms with van der Waals surface area (Å²) in [6.07, 6.45) is 11.1. The van der Waals surface area contributed by atoms with Crippen molar-refractivity contribution in [3.8, 4) is 0 Å². The summed E-state index contributed by atoms with van der Waals surface area (Å²) in [6.45, 7) is 9.04. The first kappa shape index (κ1) is 17.0. The van der Waals surface area contributed by atoms with Gasteiger partial charge in [0.2, 0.25) is 0 Å². The summed E-state index contributed by atoms with van der Waals surface area (Å²) in [7, 11) is 0. The first-order chi connectivity index (χ1) is 8.06. The van der Waals surface area contributed by atoms with Gasteiger partial charge in [-0.3, -0.25) is 0 Å². The van der Waals surface area contributed by atoms with E-state index in [0.29, 0.717) is 5.92 Å². The lowest BCUT2D eigenvalue weighted by Gasteiger charge is -2.18. The number of aliphatic hydroxyl groups is 1. The van der Waals surface area contributed by atoms with Gasteiger partial charge in [0.1, 0.15) is 0 Å². The Hall–Kier alpha value is -0.0400. The highest BCUT2D eigenvalue weighted by Crippen LogP contribution is 2.19. The average Bonchev–Trinajstić information content (AvgIpc) is 2.21. The Morgan fingerprint density at radius 1 is 0.824 bits per heavy atom. The number of aliphatic hydroxyl groups excluding tert-OH is 1. The summed E-state index contributed by atoms with van der Waals surface area (Å²) >= 11 is 0. The lowest BCUT2D eigenvalue weighted by atomic mass is 9.92. The van der Waals surface area contributed by atoms with Crippen LogP contribution in [0.25, 0.3) is 0 Å². The first-order valence-electron chi connectivity index (χ1n) is 7.74. The van der Waals surface area contributed by atoms with Gasteiger partial charge in [-0.25, -0.2) is 0 Å². The van der Waals surface area contributed by atoms with E-state index in [-0.39, 0.29) is 6.10 Å². The molecule has 0 amide bonds. The molecule has 2 unspecified atom stereocenters. The van der Waals surface area contributed by atoms with E-state index in [1.54, 1.807) is 0 Å². The lowest BCUT2D eigenvalue weighted by Crippen LogP contribution is -2.13. The van der Waals surface area contributed by atoms with Gasteiger partial charge in [0.05, 0.1) is 6.10 Å². The summed E-state index contributed by atoms with van der Waals surface area (Å²) in [4.78, 5) is 0. The van der Waals surface area contributed by atoms with Crippen molar-refractivity contribution in [3.63, 3.8) is 0 Å². The third-order valence-corrected chi connectivity index (χ3v) is 3.44.